The zero-order chi connectivity index (χ0) is 14.8. The highest BCUT2D eigenvalue weighted by atomic mass is 16.1. The molecule has 0 fully saturated rings. The number of pyridine rings is 1. The lowest BCUT2D eigenvalue weighted by molar-refractivity contribution is 0.0950. The fourth-order valence-corrected chi connectivity index (χ4v) is 2.35. The van der Waals surface area contributed by atoms with Crippen LogP contribution in [0.25, 0.3) is 5.65 Å². The molecule has 0 radical (unpaired) electrons. The minimum absolute atomic E-state index is 0.0692. The molecule has 21 heavy (non-hydrogen) atoms. The van der Waals surface area contributed by atoms with Crippen molar-refractivity contribution in [2.45, 2.75) is 20.4 Å². The van der Waals surface area contributed by atoms with Crippen LogP contribution in [0, 0.1) is 13.8 Å². The first kappa shape index (κ1) is 13.4. The zero-order valence-electron chi connectivity index (χ0n) is 12.1. The van der Waals surface area contributed by atoms with Gasteiger partial charge in [0.15, 0.2) is 0 Å². The Hall–Kier alpha value is -2.62. The largest absolute Gasteiger partial charge is 0.346 e. The number of aromatic nitrogens is 2. The van der Waals surface area contributed by atoms with Gasteiger partial charge in [-0.15, -0.1) is 0 Å². The van der Waals surface area contributed by atoms with E-state index in [9.17, 15) is 4.79 Å². The number of nitrogens with one attached hydrogen (secondary N) is 1. The Morgan fingerprint density at radius 2 is 1.90 bits per heavy atom. The molecule has 2 heterocycles. The second-order valence-corrected chi connectivity index (χ2v) is 5.12. The number of carbonyl (C=O) groups is 1. The van der Waals surface area contributed by atoms with Crippen LogP contribution in [-0.4, -0.2) is 15.3 Å². The fraction of sp³-hybridized carbons (Fsp3) is 0.176. The fourth-order valence-electron chi connectivity index (χ4n) is 2.35. The summed E-state index contributed by atoms with van der Waals surface area (Å²) >= 11 is 0. The van der Waals surface area contributed by atoms with Gasteiger partial charge in [0.2, 0.25) is 0 Å². The van der Waals surface area contributed by atoms with Crippen molar-refractivity contribution in [1.29, 1.82) is 0 Å². The maximum atomic E-state index is 12.2. The van der Waals surface area contributed by atoms with Gasteiger partial charge < -0.3 is 9.72 Å². The smallest absolute Gasteiger partial charge is 0.251 e. The monoisotopic (exact) mass is 279 g/mol. The third-order valence-electron chi connectivity index (χ3n) is 3.56. The number of benzene rings is 1. The average molecular weight is 279 g/mol. The predicted octanol–water partition coefficient (Wildman–Crippen LogP) is 2.88. The molecule has 0 aliphatic heterocycles. The molecule has 4 nitrogen and oxygen atoms in total. The lowest BCUT2D eigenvalue weighted by Gasteiger charge is -2.06. The van der Waals surface area contributed by atoms with Crippen molar-refractivity contribution < 1.29 is 4.79 Å². The Labute approximate surface area is 123 Å². The molecule has 0 saturated carbocycles. The summed E-state index contributed by atoms with van der Waals surface area (Å²) in [6.45, 7) is 4.42. The maximum absolute atomic E-state index is 12.2. The van der Waals surface area contributed by atoms with Crippen molar-refractivity contribution in [2.24, 2.45) is 0 Å². The molecule has 3 rings (SSSR count). The third-order valence-corrected chi connectivity index (χ3v) is 3.56. The molecule has 0 aliphatic carbocycles. The molecule has 3 aromatic rings. The molecule has 0 unspecified atom stereocenters. The average Bonchev–Trinajstić information content (AvgIpc) is 2.81. The number of amides is 1. The van der Waals surface area contributed by atoms with Crippen LogP contribution < -0.4 is 5.32 Å². The molecule has 0 saturated heterocycles. The minimum Gasteiger partial charge on any atom is -0.346 e. The third kappa shape index (κ3) is 2.65. The summed E-state index contributed by atoms with van der Waals surface area (Å²) in [5.74, 6) is -0.0692. The van der Waals surface area contributed by atoms with E-state index in [4.69, 9.17) is 0 Å². The SMILES string of the molecule is Cc1ccc(C(=O)NCc2c(C)nc3ccccn23)cc1. The van der Waals surface area contributed by atoms with Gasteiger partial charge >= 0.3 is 0 Å². The number of nitrogens with zero attached hydrogens (tertiary/aromatic N) is 2. The van der Waals surface area contributed by atoms with Gasteiger partial charge in [-0.2, -0.15) is 0 Å². The number of hydrogen-bond acceptors (Lipinski definition) is 2. The van der Waals surface area contributed by atoms with E-state index in [1.807, 2.05) is 66.9 Å². The lowest BCUT2D eigenvalue weighted by Crippen LogP contribution is -2.23. The molecular weight excluding hydrogens is 262 g/mol. The molecule has 106 valence electrons. The Morgan fingerprint density at radius 3 is 2.67 bits per heavy atom. The number of rotatable bonds is 3. The van der Waals surface area contributed by atoms with Gasteiger partial charge in [0.1, 0.15) is 5.65 Å². The van der Waals surface area contributed by atoms with Crippen LogP contribution in [-0.2, 0) is 6.54 Å². The number of imidazole rings is 1. The van der Waals surface area contributed by atoms with Gasteiger partial charge in [-0.1, -0.05) is 23.8 Å². The molecule has 0 spiro atoms. The van der Waals surface area contributed by atoms with Crippen molar-refractivity contribution in [3.05, 3.63) is 71.2 Å². The predicted molar refractivity (Wildman–Crippen MR) is 82.3 cm³/mol. The Morgan fingerprint density at radius 1 is 1.14 bits per heavy atom. The lowest BCUT2D eigenvalue weighted by atomic mass is 10.1. The van der Waals surface area contributed by atoms with Crippen LogP contribution in [0.1, 0.15) is 27.3 Å². The first-order valence-corrected chi connectivity index (χ1v) is 6.92. The molecule has 0 bridgehead atoms. The topological polar surface area (TPSA) is 46.4 Å². The van der Waals surface area contributed by atoms with Gasteiger partial charge in [0.25, 0.3) is 5.91 Å². The van der Waals surface area contributed by atoms with E-state index < -0.39 is 0 Å². The molecule has 0 aliphatic rings. The normalized spacial score (nSPS) is 10.8. The number of aryl methyl sites for hydroxylation is 2. The van der Waals surface area contributed by atoms with Gasteiger partial charge in [-0.05, 0) is 38.1 Å². The Bertz CT molecular complexity index is 787. The summed E-state index contributed by atoms with van der Waals surface area (Å²) in [5, 5.41) is 2.95. The van der Waals surface area contributed by atoms with Crippen LogP contribution in [0.2, 0.25) is 0 Å². The van der Waals surface area contributed by atoms with Crippen molar-refractivity contribution in [3.8, 4) is 0 Å². The zero-order valence-corrected chi connectivity index (χ0v) is 12.1. The van der Waals surface area contributed by atoms with Crippen LogP contribution in [0.5, 0.6) is 0 Å². The van der Waals surface area contributed by atoms with E-state index in [0.717, 1.165) is 22.6 Å². The van der Waals surface area contributed by atoms with Crippen LogP contribution in [0.3, 0.4) is 0 Å². The van der Waals surface area contributed by atoms with Crippen molar-refractivity contribution in [1.82, 2.24) is 14.7 Å². The van der Waals surface area contributed by atoms with Crippen LogP contribution in [0.4, 0.5) is 0 Å². The van der Waals surface area contributed by atoms with E-state index in [-0.39, 0.29) is 5.91 Å². The second kappa shape index (κ2) is 5.40. The highest BCUT2D eigenvalue weighted by Crippen LogP contribution is 2.11. The molecule has 1 amide bonds. The van der Waals surface area contributed by atoms with E-state index in [2.05, 4.69) is 10.3 Å². The van der Waals surface area contributed by atoms with Crippen LogP contribution in [0.15, 0.2) is 48.7 Å². The van der Waals surface area contributed by atoms with Gasteiger partial charge in [-0.25, -0.2) is 4.98 Å². The Balaban J connectivity index is 1.79. The number of hydrogen-bond donors (Lipinski definition) is 1. The van der Waals surface area contributed by atoms with Gasteiger partial charge in [0.05, 0.1) is 17.9 Å². The molecule has 2 aromatic heterocycles. The van der Waals surface area contributed by atoms with Gasteiger partial charge in [0, 0.05) is 11.8 Å². The summed E-state index contributed by atoms with van der Waals surface area (Å²) in [4.78, 5) is 16.6. The highest BCUT2D eigenvalue weighted by molar-refractivity contribution is 5.94. The van der Waals surface area contributed by atoms with E-state index >= 15 is 0 Å². The second-order valence-electron chi connectivity index (χ2n) is 5.12. The van der Waals surface area contributed by atoms with E-state index in [1.54, 1.807) is 0 Å². The first-order valence-electron chi connectivity index (χ1n) is 6.92. The molecule has 1 N–H and O–H groups in total. The number of fused-ring (bicyclic) bond motifs is 1. The van der Waals surface area contributed by atoms with Crippen molar-refractivity contribution >= 4 is 11.6 Å². The summed E-state index contributed by atoms with van der Waals surface area (Å²) in [6, 6.07) is 13.4. The Kier molecular flexibility index (Phi) is 3.44. The molecule has 1 aromatic carbocycles. The first-order chi connectivity index (χ1) is 10.1. The molecular formula is C17H17N3O. The van der Waals surface area contributed by atoms with Crippen molar-refractivity contribution in [2.75, 3.05) is 0 Å². The van der Waals surface area contributed by atoms with Gasteiger partial charge in [-0.3, -0.25) is 4.79 Å². The van der Waals surface area contributed by atoms with Crippen LogP contribution >= 0.6 is 0 Å². The van der Waals surface area contributed by atoms with Crippen molar-refractivity contribution in [3.63, 3.8) is 0 Å². The summed E-state index contributed by atoms with van der Waals surface area (Å²) in [5.41, 5.74) is 4.65. The highest BCUT2D eigenvalue weighted by Gasteiger charge is 2.10. The van der Waals surface area contributed by atoms with E-state index in [0.29, 0.717) is 12.1 Å². The quantitative estimate of drug-likeness (QED) is 0.801. The molecule has 0 atom stereocenters. The summed E-state index contributed by atoms with van der Waals surface area (Å²) in [6.07, 6.45) is 1.96. The van der Waals surface area contributed by atoms with E-state index in [1.165, 1.54) is 0 Å². The molecule has 4 heteroatoms. The standard InChI is InChI=1S/C17H17N3O/c1-12-6-8-14(9-7-12)17(21)18-11-15-13(2)19-16-5-3-4-10-20(15)16/h3-10H,11H2,1-2H3,(H,18,21). The maximum Gasteiger partial charge on any atom is 0.251 e. The number of carbonyl (C=O) groups excluding carboxylic acids is 1. The summed E-state index contributed by atoms with van der Waals surface area (Å²) in [7, 11) is 0. The minimum atomic E-state index is -0.0692. The summed E-state index contributed by atoms with van der Waals surface area (Å²) < 4.78 is 2.00.